The van der Waals surface area contributed by atoms with Crippen molar-refractivity contribution in [2.75, 3.05) is 7.11 Å². The third-order valence-corrected chi connectivity index (χ3v) is 4.15. The van der Waals surface area contributed by atoms with E-state index in [1.165, 1.54) is 5.39 Å². The van der Waals surface area contributed by atoms with Gasteiger partial charge in [-0.15, -0.1) is 11.3 Å². The summed E-state index contributed by atoms with van der Waals surface area (Å²) in [5, 5.41) is 1.19. The van der Waals surface area contributed by atoms with E-state index in [1.807, 2.05) is 18.3 Å². The molecule has 0 spiro atoms. The van der Waals surface area contributed by atoms with Gasteiger partial charge in [-0.1, -0.05) is 0 Å². The molecule has 0 saturated carbocycles. The van der Waals surface area contributed by atoms with Crippen molar-refractivity contribution in [1.29, 1.82) is 0 Å². The lowest BCUT2D eigenvalue weighted by Gasteiger charge is -2.05. The van der Waals surface area contributed by atoms with Gasteiger partial charge in [0.05, 0.1) is 17.4 Å². The van der Waals surface area contributed by atoms with Crippen molar-refractivity contribution in [1.82, 2.24) is 9.97 Å². The lowest BCUT2D eigenvalue weighted by molar-refractivity contribution is 0.399. The minimum atomic E-state index is 0.637. The molecule has 0 amide bonds. The van der Waals surface area contributed by atoms with E-state index in [-0.39, 0.29) is 0 Å². The third-order valence-electron chi connectivity index (χ3n) is 2.60. The number of methoxy groups -OCH3 is 1. The van der Waals surface area contributed by atoms with Gasteiger partial charge in [0.15, 0.2) is 0 Å². The molecule has 0 fully saturated rings. The number of thiophene rings is 1. The van der Waals surface area contributed by atoms with Crippen molar-refractivity contribution < 1.29 is 4.74 Å². The van der Waals surface area contributed by atoms with Crippen molar-refractivity contribution in [2.45, 2.75) is 0 Å². The molecule has 18 heavy (non-hydrogen) atoms. The summed E-state index contributed by atoms with van der Waals surface area (Å²) < 4.78 is 7.41. The Morgan fingerprint density at radius 2 is 2.17 bits per heavy atom. The van der Waals surface area contributed by atoms with Gasteiger partial charge in [-0.2, -0.15) is 0 Å². The number of hydrogen-bond donors (Lipinski definition) is 0. The average molecular weight is 321 g/mol. The number of ether oxygens (including phenoxy) is 1. The molecule has 3 aromatic heterocycles. The molecule has 0 radical (unpaired) electrons. The van der Waals surface area contributed by atoms with E-state index in [2.05, 4.69) is 32.0 Å². The largest absolute Gasteiger partial charge is 0.481 e. The molecule has 3 aromatic rings. The number of nitrogens with zero attached hydrogens (tertiary/aromatic N) is 2. The van der Waals surface area contributed by atoms with Crippen LogP contribution in [0.1, 0.15) is 0 Å². The average Bonchev–Trinajstić information content (AvgIpc) is 2.82. The summed E-state index contributed by atoms with van der Waals surface area (Å²) in [6, 6.07) is 6.16. The van der Waals surface area contributed by atoms with Gasteiger partial charge in [-0.3, -0.25) is 4.98 Å². The fourth-order valence-electron chi connectivity index (χ4n) is 1.78. The molecule has 90 valence electrons. The van der Waals surface area contributed by atoms with Crippen LogP contribution in [0.2, 0.25) is 0 Å². The summed E-state index contributed by atoms with van der Waals surface area (Å²) in [6.07, 6.45) is 5.41. The van der Waals surface area contributed by atoms with Crippen molar-refractivity contribution >= 4 is 37.4 Å². The van der Waals surface area contributed by atoms with E-state index in [0.29, 0.717) is 5.88 Å². The Bertz CT molecular complexity index is 678. The lowest BCUT2D eigenvalue weighted by atomic mass is 10.2. The smallest absolute Gasteiger partial charge is 0.221 e. The van der Waals surface area contributed by atoms with Crippen LogP contribution in [0.15, 0.2) is 41.3 Å². The number of pyridine rings is 2. The quantitative estimate of drug-likeness (QED) is 0.712. The van der Waals surface area contributed by atoms with Crippen LogP contribution < -0.4 is 4.74 Å². The standard InChI is InChI=1S/C13H9BrN2OS/c1-17-13-10(5-9(14)6-16-13)11-4-8-2-3-15-7-12(8)18-11/h2-7H,1H3. The fourth-order valence-corrected chi connectivity index (χ4v) is 3.15. The monoisotopic (exact) mass is 320 g/mol. The van der Waals surface area contributed by atoms with Crippen molar-refractivity contribution in [3.05, 3.63) is 41.3 Å². The molecule has 0 saturated heterocycles. The Kier molecular flexibility index (Phi) is 3.01. The first-order chi connectivity index (χ1) is 8.78. The van der Waals surface area contributed by atoms with Crippen LogP contribution in [0.3, 0.4) is 0 Å². The van der Waals surface area contributed by atoms with Gasteiger partial charge in [-0.25, -0.2) is 4.98 Å². The number of halogens is 1. The summed E-state index contributed by atoms with van der Waals surface area (Å²) >= 11 is 5.13. The van der Waals surface area contributed by atoms with Gasteiger partial charge in [0.2, 0.25) is 5.88 Å². The Morgan fingerprint density at radius 3 is 2.94 bits per heavy atom. The highest BCUT2D eigenvalue weighted by Crippen LogP contribution is 2.37. The van der Waals surface area contributed by atoms with Gasteiger partial charge in [0.25, 0.3) is 0 Å². The summed E-state index contributed by atoms with van der Waals surface area (Å²) in [4.78, 5) is 9.53. The Balaban J connectivity index is 2.22. The molecule has 0 bridgehead atoms. The zero-order valence-corrected chi connectivity index (χ0v) is 12.0. The molecule has 5 heteroatoms. The maximum atomic E-state index is 5.31. The van der Waals surface area contributed by atoms with E-state index in [0.717, 1.165) is 19.6 Å². The number of fused-ring (bicyclic) bond motifs is 1. The first kappa shape index (κ1) is 11.6. The van der Waals surface area contributed by atoms with Crippen molar-refractivity contribution in [3.63, 3.8) is 0 Å². The zero-order chi connectivity index (χ0) is 12.5. The number of rotatable bonds is 2. The second-order valence-corrected chi connectivity index (χ2v) is 5.73. The van der Waals surface area contributed by atoms with E-state index < -0.39 is 0 Å². The van der Waals surface area contributed by atoms with E-state index in [1.54, 1.807) is 30.8 Å². The van der Waals surface area contributed by atoms with Gasteiger partial charge in [-0.05, 0) is 39.5 Å². The minimum Gasteiger partial charge on any atom is -0.481 e. The topological polar surface area (TPSA) is 35.0 Å². The molecular weight excluding hydrogens is 312 g/mol. The molecule has 3 nitrogen and oxygen atoms in total. The van der Waals surface area contributed by atoms with Gasteiger partial charge < -0.3 is 4.74 Å². The lowest BCUT2D eigenvalue weighted by Crippen LogP contribution is -1.90. The van der Waals surface area contributed by atoms with Crippen molar-refractivity contribution in [3.8, 4) is 16.3 Å². The molecule has 3 rings (SSSR count). The first-order valence-corrected chi connectivity index (χ1v) is 6.92. The molecule has 3 heterocycles. The molecule has 0 atom stereocenters. The van der Waals surface area contributed by atoms with Gasteiger partial charge >= 0.3 is 0 Å². The SMILES string of the molecule is COc1ncc(Br)cc1-c1cc2ccncc2s1. The number of aromatic nitrogens is 2. The predicted octanol–water partition coefficient (Wildman–Crippen LogP) is 4.13. The highest BCUT2D eigenvalue weighted by Gasteiger charge is 2.11. The molecule has 0 aliphatic rings. The van der Waals surface area contributed by atoms with E-state index >= 15 is 0 Å². The summed E-state index contributed by atoms with van der Waals surface area (Å²) in [6.45, 7) is 0. The number of hydrogen-bond acceptors (Lipinski definition) is 4. The first-order valence-electron chi connectivity index (χ1n) is 5.31. The van der Waals surface area contributed by atoms with Gasteiger partial charge in [0, 0.05) is 27.9 Å². The zero-order valence-electron chi connectivity index (χ0n) is 9.55. The molecule has 0 N–H and O–H groups in total. The maximum Gasteiger partial charge on any atom is 0.221 e. The normalized spacial score (nSPS) is 10.8. The van der Waals surface area contributed by atoms with Gasteiger partial charge in [0.1, 0.15) is 0 Å². The molecule has 0 aliphatic heterocycles. The summed E-state index contributed by atoms with van der Waals surface area (Å²) in [5.74, 6) is 0.637. The molecule has 0 aliphatic carbocycles. The molecule has 0 unspecified atom stereocenters. The van der Waals surface area contributed by atoms with Crippen LogP contribution in [0.4, 0.5) is 0 Å². The van der Waals surface area contributed by atoms with Crippen LogP contribution in [0.5, 0.6) is 5.88 Å². The van der Waals surface area contributed by atoms with Crippen LogP contribution in [-0.2, 0) is 0 Å². The minimum absolute atomic E-state index is 0.637. The third kappa shape index (κ3) is 2.00. The fraction of sp³-hybridized carbons (Fsp3) is 0.0769. The van der Waals surface area contributed by atoms with Crippen LogP contribution in [0.25, 0.3) is 20.5 Å². The van der Waals surface area contributed by atoms with Crippen LogP contribution in [0, 0.1) is 0 Å². The van der Waals surface area contributed by atoms with E-state index in [9.17, 15) is 0 Å². The van der Waals surface area contributed by atoms with E-state index in [4.69, 9.17) is 4.74 Å². The predicted molar refractivity (Wildman–Crippen MR) is 77.1 cm³/mol. The molecular formula is C13H9BrN2OS. The van der Waals surface area contributed by atoms with Crippen LogP contribution >= 0.6 is 27.3 Å². The summed E-state index contributed by atoms with van der Waals surface area (Å²) in [5.41, 5.74) is 0.994. The van der Waals surface area contributed by atoms with Crippen molar-refractivity contribution in [2.24, 2.45) is 0 Å². The summed E-state index contributed by atoms with van der Waals surface area (Å²) in [7, 11) is 1.63. The second kappa shape index (κ2) is 4.66. The highest BCUT2D eigenvalue weighted by atomic mass is 79.9. The molecule has 0 aromatic carbocycles. The Labute approximate surface area is 117 Å². The Morgan fingerprint density at radius 1 is 1.28 bits per heavy atom. The maximum absolute atomic E-state index is 5.31. The highest BCUT2D eigenvalue weighted by molar-refractivity contribution is 9.10. The van der Waals surface area contributed by atoms with Crippen LogP contribution in [-0.4, -0.2) is 17.1 Å². The Hall–Kier alpha value is -1.46. The second-order valence-electron chi connectivity index (χ2n) is 3.73.